The summed E-state index contributed by atoms with van der Waals surface area (Å²) in [5.74, 6) is 0. The number of hydrogen-bond donors (Lipinski definition) is 0. The lowest BCUT2D eigenvalue weighted by Gasteiger charge is -2.31. The van der Waals surface area contributed by atoms with E-state index < -0.39 is 0 Å². The molecule has 0 spiro atoms. The highest BCUT2D eigenvalue weighted by molar-refractivity contribution is 6.13. The Labute approximate surface area is 323 Å². The molecule has 1 aliphatic carbocycles. The van der Waals surface area contributed by atoms with Crippen molar-refractivity contribution in [3.8, 4) is 39.1 Å². The molecule has 10 rings (SSSR count). The zero-order chi connectivity index (χ0) is 36.9. The summed E-state index contributed by atoms with van der Waals surface area (Å²) < 4.78 is 2.42. The lowest BCUT2D eigenvalue weighted by atomic mass is 9.74. The van der Waals surface area contributed by atoms with Crippen LogP contribution in [0, 0.1) is 0 Å². The van der Waals surface area contributed by atoms with E-state index in [1.165, 1.54) is 72.0 Å². The van der Waals surface area contributed by atoms with Crippen LogP contribution in [0.1, 0.15) is 37.8 Å². The van der Waals surface area contributed by atoms with Gasteiger partial charge in [0.25, 0.3) is 0 Å². The highest BCUT2D eigenvalue weighted by atomic mass is 15.1. The molecule has 0 radical (unpaired) electrons. The third-order valence-electron chi connectivity index (χ3n) is 12.1. The molecule has 0 fully saturated rings. The summed E-state index contributed by atoms with van der Waals surface area (Å²) >= 11 is 0. The number of anilines is 3. The van der Waals surface area contributed by atoms with Crippen molar-refractivity contribution < 1.29 is 0 Å². The first-order valence-corrected chi connectivity index (χ1v) is 19.6. The molecule has 1 aromatic heterocycles. The maximum Gasteiger partial charge on any atom is 0.0619 e. The molecule has 0 saturated heterocycles. The van der Waals surface area contributed by atoms with Crippen LogP contribution in [0.2, 0.25) is 0 Å². The van der Waals surface area contributed by atoms with Gasteiger partial charge in [0.2, 0.25) is 0 Å². The van der Waals surface area contributed by atoms with Crippen molar-refractivity contribution in [1.29, 1.82) is 0 Å². The largest absolute Gasteiger partial charge is 0.310 e. The van der Waals surface area contributed by atoms with Crippen LogP contribution in [-0.4, -0.2) is 4.57 Å². The number of rotatable bonds is 8. The molecule has 0 atom stereocenters. The van der Waals surface area contributed by atoms with Gasteiger partial charge in [-0.05, 0) is 106 Å². The molecule has 0 aliphatic heterocycles. The normalized spacial score (nSPS) is 12.8. The number of nitrogens with zero attached hydrogens (tertiary/aromatic N) is 2. The fourth-order valence-corrected chi connectivity index (χ4v) is 9.36. The first-order valence-electron chi connectivity index (χ1n) is 19.6. The quantitative estimate of drug-likeness (QED) is 0.153. The maximum absolute atomic E-state index is 2.47. The molecule has 0 unspecified atom stereocenters. The summed E-state index contributed by atoms with van der Waals surface area (Å²) in [5, 5.41) is 2.52. The third-order valence-corrected chi connectivity index (χ3v) is 12.1. The number of aromatic nitrogens is 1. The van der Waals surface area contributed by atoms with Crippen molar-refractivity contribution >= 4 is 38.9 Å². The topological polar surface area (TPSA) is 8.17 Å². The summed E-state index contributed by atoms with van der Waals surface area (Å²) in [5.41, 5.74) is 17.5. The Hall–Kier alpha value is -6.64. The fourth-order valence-electron chi connectivity index (χ4n) is 9.36. The molecule has 1 aliphatic rings. The van der Waals surface area contributed by atoms with Gasteiger partial charge in [-0.15, -0.1) is 0 Å². The summed E-state index contributed by atoms with van der Waals surface area (Å²) in [6.45, 7) is 4.69. The zero-order valence-corrected chi connectivity index (χ0v) is 31.3. The Balaban J connectivity index is 1.13. The number of hydrogen-bond acceptors (Lipinski definition) is 1. The monoisotopic (exact) mass is 706 g/mol. The van der Waals surface area contributed by atoms with Crippen molar-refractivity contribution in [3.05, 3.63) is 205 Å². The lowest BCUT2D eigenvalue weighted by molar-refractivity contribution is 0.490. The van der Waals surface area contributed by atoms with Crippen molar-refractivity contribution in [2.24, 2.45) is 0 Å². The van der Waals surface area contributed by atoms with Crippen LogP contribution in [0.15, 0.2) is 194 Å². The molecule has 8 aromatic carbocycles. The molecule has 0 saturated carbocycles. The predicted octanol–water partition coefficient (Wildman–Crippen LogP) is 14.7. The summed E-state index contributed by atoms with van der Waals surface area (Å²) in [4.78, 5) is 2.43. The first-order chi connectivity index (χ1) is 27.2. The van der Waals surface area contributed by atoms with Crippen molar-refractivity contribution in [2.75, 3.05) is 4.90 Å². The average Bonchev–Trinajstić information content (AvgIpc) is 3.75. The van der Waals surface area contributed by atoms with E-state index >= 15 is 0 Å². The number of para-hydroxylation sites is 3. The van der Waals surface area contributed by atoms with Gasteiger partial charge in [0.1, 0.15) is 0 Å². The van der Waals surface area contributed by atoms with Gasteiger partial charge in [0.15, 0.2) is 0 Å². The van der Waals surface area contributed by atoms with Gasteiger partial charge in [0, 0.05) is 44.5 Å². The average molecular weight is 707 g/mol. The van der Waals surface area contributed by atoms with E-state index in [1.54, 1.807) is 0 Å². The maximum atomic E-state index is 2.47. The van der Waals surface area contributed by atoms with E-state index in [2.05, 4.69) is 217 Å². The molecule has 0 amide bonds. The Bertz CT molecular complexity index is 2810. The molecule has 2 nitrogen and oxygen atoms in total. The summed E-state index contributed by atoms with van der Waals surface area (Å²) in [7, 11) is 0. The minimum Gasteiger partial charge on any atom is -0.310 e. The van der Waals surface area contributed by atoms with Crippen LogP contribution in [-0.2, 0) is 5.41 Å². The van der Waals surface area contributed by atoms with Crippen molar-refractivity contribution in [2.45, 2.75) is 32.1 Å². The van der Waals surface area contributed by atoms with Gasteiger partial charge in [0.05, 0.1) is 11.0 Å². The van der Waals surface area contributed by atoms with Crippen LogP contribution in [0.5, 0.6) is 0 Å². The van der Waals surface area contributed by atoms with Gasteiger partial charge in [-0.25, -0.2) is 0 Å². The summed E-state index contributed by atoms with van der Waals surface area (Å²) in [6, 6.07) is 71.3. The van der Waals surface area contributed by atoms with Gasteiger partial charge >= 0.3 is 0 Å². The van der Waals surface area contributed by atoms with Gasteiger partial charge in [-0.3, -0.25) is 0 Å². The molecular weight excluding hydrogens is 665 g/mol. The number of benzene rings is 8. The molecule has 264 valence electrons. The van der Waals surface area contributed by atoms with E-state index in [0.717, 1.165) is 29.9 Å². The minimum atomic E-state index is -0.00940. The lowest BCUT2D eigenvalue weighted by Crippen LogP contribution is -2.23. The van der Waals surface area contributed by atoms with Crippen LogP contribution < -0.4 is 4.90 Å². The van der Waals surface area contributed by atoms with Crippen molar-refractivity contribution in [1.82, 2.24) is 4.57 Å². The Kier molecular flexibility index (Phi) is 7.99. The molecule has 55 heavy (non-hydrogen) atoms. The molecular formula is C53H42N2. The van der Waals surface area contributed by atoms with E-state index in [-0.39, 0.29) is 5.41 Å². The fraction of sp³-hybridized carbons (Fsp3) is 0.0943. The van der Waals surface area contributed by atoms with E-state index in [0.29, 0.717) is 0 Å². The Morgan fingerprint density at radius 2 is 0.964 bits per heavy atom. The van der Waals surface area contributed by atoms with Gasteiger partial charge < -0.3 is 9.47 Å². The molecule has 0 N–H and O–H groups in total. The highest BCUT2D eigenvalue weighted by Crippen LogP contribution is 2.54. The van der Waals surface area contributed by atoms with Crippen LogP contribution in [0.4, 0.5) is 17.1 Å². The zero-order valence-electron chi connectivity index (χ0n) is 31.3. The van der Waals surface area contributed by atoms with E-state index in [1.807, 2.05) is 0 Å². The third kappa shape index (κ3) is 5.24. The molecule has 0 bridgehead atoms. The Morgan fingerprint density at radius 1 is 0.418 bits per heavy atom. The minimum absolute atomic E-state index is 0.00940. The summed E-state index contributed by atoms with van der Waals surface area (Å²) in [6.07, 6.45) is 2.12. The second-order valence-electron chi connectivity index (χ2n) is 14.7. The standard InChI is InChI=1S/C53H42N2/c1-3-53(4-2)49-24-13-11-20-45(49)46-35-34-43(36-50(46)53)54(41-30-26-38(27-31-41)37-16-7-5-8-17-37)42-32-28-39(29-33-42)44-22-15-23-48-47-21-12-14-25-51(47)55(52(44)48)40-18-9-6-10-19-40/h5-36H,3-4H2,1-2H3. The van der Waals surface area contributed by atoms with E-state index in [4.69, 9.17) is 0 Å². The predicted molar refractivity (Wildman–Crippen MR) is 233 cm³/mol. The second kappa shape index (κ2) is 13.3. The Morgan fingerprint density at radius 3 is 1.69 bits per heavy atom. The van der Waals surface area contributed by atoms with Crippen LogP contribution in [0.3, 0.4) is 0 Å². The van der Waals surface area contributed by atoms with Gasteiger partial charge in [-0.2, -0.15) is 0 Å². The first kappa shape index (κ1) is 33.0. The van der Waals surface area contributed by atoms with E-state index in [9.17, 15) is 0 Å². The van der Waals surface area contributed by atoms with Crippen molar-refractivity contribution in [3.63, 3.8) is 0 Å². The smallest absolute Gasteiger partial charge is 0.0619 e. The van der Waals surface area contributed by atoms with Crippen LogP contribution in [0.25, 0.3) is 60.9 Å². The molecule has 9 aromatic rings. The van der Waals surface area contributed by atoms with Crippen LogP contribution >= 0.6 is 0 Å². The highest BCUT2D eigenvalue weighted by Gasteiger charge is 2.40. The number of fused-ring (bicyclic) bond motifs is 6. The second-order valence-corrected chi connectivity index (χ2v) is 14.7. The molecule has 1 heterocycles. The molecule has 2 heteroatoms. The SMILES string of the molecule is CCC1(CC)c2ccccc2-c2ccc(N(c3ccc(-c4ccccc4)cc3)c3ccc(-c4cccc5c6ccccc6n(-c6ccccc6)c45)cc3)cc21. The van der Waals surface area contributed by atoms with Gasteiger partial charge in [-0.1, -0.05) is 153 Å².